The standard InChI is InChI=1S/C11H16N6O2S/c1-7(10-12-8(2)14-19-10)20-11-13-15-16-17(11)9-3-5-18-6-4-9/h7,9H,3-6H2,1-2H3/t7-/m0/s1. The van der Waals surface area contributed by atoms with Crippen LogP contribution >= 0.6 is 11.8 Å². The molecule has 20 heavy (non-hydrogen) atoms. The summed E-state index contributed by atoms with van der Waals surface area (Å²) in [7, 11) is 0. The summed E-state index contributed by atoms with van der Waals surface area (Å²) in [4.78, 5) is 4.24. The van der Waals surface area contributed by atoms with Crippen molar-refractivity contribution in [2.45, 2.75) is 43.1 Å². The zero-order valence-corrected chi connectivity index (χ0v) is 12.2. The average molecular weight is 296 g/mol. The largest absolute Gasteiger partial charge is 0.381 e. The summed E-state index contributed by atoms with van der Waals surface area (Å²) in [5, 5.41) is 16.6. The summed E-state index contributed by atoms with van der Waals surface area (Å²) in [5.74, 6) is 1.23. The van der Waals surface area contributed by atoms with Crippen molar-refractivity contribution < 1.29 is 9.26 Å². The molecule has 0 saturated carbocycles. The number of nitrogens with zero attached hydrogens (tertiary/aromatic N) is 6. The first kappa shape index (κ1) is 13.5. The molecule has 0 N–H and O–H groups in total. The Labute approximate surface area is 120 Å². The molecule has 8 nitrogen and oxygen atoms in total. The maximum atomic E-state index is 5.37. The van der Waals surface area contributed by atoms with Crippen LogP contribution < -0.4 is 0 Å². The fourth-order valence-electron chi connectivity index (χ4n) is 2.11. The van der Waals surface area contributed by atoms with Crippen molar-refractivity contribution in [2.24, 2.45) is 0 Å². The molecular weight excluding hydrogens is 280 g/mol. The fourth-order valence-corrected chi connectivity index (χ4v) is 3.00. The molecule has 0 radical (unpaired) electrons. The normalized spacial score (nSPS) is 18.3. The predicted molar refractivity (Wildman–Crippen MR) is 70.2 cm³/mol. The number of hydrogen-bond acceptors (Lipinski definition) is 8. The number of thioether (sulfide) groups is 1. The Hall–Kier alpha value is -1.48. The van der Waals surface area contributed by atoms with E-state index in [0.717, 1.165) is 31.2 Å². The van der Waals surface area contributed by atoms with Gasteiger partial charge in [0, 0.05) is 13.2 Å². The molecule has 0 aromatic carbocycles. The maximum absolute atomic E-state index is 5.37. The molecule has 1 aliphatic rings. The Morgan fingerprint density at radius 3 is 2.85 bits per heavy atom. The van der Waals surface area contributed by atoms with Crippen LogP contribution in [0.25, 0.3) is 0 Å². The summed E-state index contributed by atoms with van der Waals surface area (Å²) < 4.78 is 12.4. The minimum atomic E-state index is 0.0146. The highest BCUT2D eigenvalue weighted by atomic mass is 32.2. The molecule has 0 spiro atoms. The van der Waals surface area contributed by atoms with E-state index in [1.165, 1.54) is 11.8 Å². The van der Waals surface area contributed by atoms with Crippen molar-refractivity contribution in [3.05, 3.63) is 11.7 Å². The lowest BCUT2D eigenvalue weighted by Gasteiger charge is -2.22. The lowest BCUT2D eigenvalue weighted by molar-refractivity contribution is 0.0631. The van der Waals surface area contributed by atoms with Gasteiger partial charge >= 0.3 is 0 Å². The van der Waals surface area contributed by atoms with Crippen molar-refractivity contribution in [2.75, 3.05) is 13.2 Å². The first-order valence-electron chi connectivity index (χ1n) is 6.56. The van der Waals surface area contributed by atoms with Gasteiger partial charge in [-0.2, -0.15) is 4.98 Å². The van der Waals surface area contributed by atoms with Crippen LogP contribution in [-0.2, 0) is 4.74 Å². The first-order valence-corrected chi connectivity index (χ1v) is 7.44. The molecule has 9 heteroatoms. The molecule has 0 amide bonds. The van der Waals surface area contributed by atoms with Crippen molar-refractivity contribution in [1.29, 1.82) is 0 Å². The molecule has 3 rings (SSSR count). The van der Waals surface area contributed by atoms with E-state index in [4.69, 9.17) is 9.26 Å². The molecule has 1 fully saturated rings. The highest BCUT2D eigenvalue weighted by Gasteiger charge is 2.23. The number of aromatic nitrogens is 6. The van der Waals surface area contributed by atoms with Gasteiger partial charge in [-0.05, 0) is 37.1 Å². The topological polar surface area (TPSA) is 91.8 Å². The van der Waals surface area contributed by atoms with E-state index in [1.54, 1.807) is 6.92 Å². The average Bonchev–Trinajstić information content (AvgIpc) is 3.09. The van der Waals surface area contributed by atoms with E-state index in [-0.39, 0.29) is 5.25 Å². The molecule has 1 atom stereocenters. The van der Waals surface area contributed by atoms with Crippen LogP contribution in [0.5, 0.6) is 0 Å². The van der Waals surface area contributed by atoms with Crippen molar-refractivity contribution in [1.82, 2.24) is 30.3 Å². The molecule has 2 aromatic rings. The molecule has 108 valence electrons. The summed E-state index contributed by atoms with van der Waals surface area (Å²) in [6.07, 6.45) is 1.87. The Morgan fingerprint density at radius 2 is 2.15 bits per heavy atom. The second-order valence-corrected chi connectivity index (χ2v) is 6.00. The van der Waals surface area contributed by atoms with Gasteiger partial charge in [-0.3, -0.25) is 0 Å². The number of rotatable bonds is 4. The molecule has 0 unspecified atom stereocenters. The van der Waals surface area contributed by atoms with Gasteiger partial charge < -0.3 is 9.26 Å². The molecule has 1 aliphatic heterocycles. The predicted octanol–water partition coefficient (Wildman–Crippen LogP) is 1.57. The van der Waals surface area contributed by atoms with Gasteiger partial charge in [0.2, 0.25) is 11.0 Å². The maximum Gasteiger partial charge on any atom is 0.239 e. The van der Waals surface area contributed by atoms with Crippen LogP contribution in [-0.4, -0.2) is 43.6 Å². The smallest absolute Gasteiger partial charge is 0.239 e. The number of ether oxygens (including phenoxy) is 1. The third-order valence-electron chi connectivity index (χ3n) is 3.17. The zero-order valence-electron chi connectivity index (χ0n) is 11.4. The van der Waals surface area contributed by atoms with Crippen molar-refractivity contribution >= 4 is 11.8 Å². The van der Waals surface area contributed by atoms with E-state index in [9.17, 15) is 0 Å². The second-order valence-electron chi connectivity index (χ2n) is 4.69. The summed E-state index contributed by atoms with van der Waals surface area (Å²) in [6.45, 7) is 5.32. The Morgan fingerprint density at radius 1 is 1.35 bits per heavy atom. The number of aryl methyl sites for hydroxylation is 1. The lowest BCUT2D eigenvalue weighted by atomic mass is 10.1. The van der Waals surface area contributed by atoms with E-state index in [1.807, 2.05) is 11.6 Å². The van der Waals surface area contributed by atoms with Crippen LogP contribution in [0, 0.1) is 6.92 Å². The fraction of sp³-hybridized carbons (Fsp3) is 0.727. The minimum absolute atomic E-state index is 0.0146. The van der Waals surface area contributed by atoms with Gasteiger partial charge in [0.15, 0.2) is 5.82 Å². The quantitative estimate of drug-likeness (QED) is 0.785. The molecule has 1 saturated heterocycles. The number of tetrazole rings is 1. The van der Waals surface area contributed by atoms with E-state index in [2.05, 4.69) is 25.7 Å². The van der Waals surface area contributed by atoms with Crippen molar-refractivity contribution in [3.63, 3.8) is 0 Å². The number of hydrogen-bond donors (Lipinski definition) is 0. The van der Waals surface area contributed by atoms with Gasteiger partial charge in [0.25, 0.3) is 0 Å². The Bertz CT molecular complexity index is 565. The van der Waals surface area contributed by atoms with Crippen LogP contribution in [0.1, 0.15) is 42.8 Å². The Balaban J connectivity index is 1.72. The SMILES string of the molecule is Cc1noc([C@H](C)Sc2nnnn2C2CCOCC2)n1. The van der Waals surface area contributed by atoms with Gasteiger partial charge in [-0.25, -0.2) is 4.68 Å². The Kier molecular flexibility index (Phi) is 3.97. The molecule has 3 heterocycles. The van der Waals surface area contributed by atoms with Crippen molar-refractivity contribution in [3.8, 4) is 0 Å². The monoisotopic (exact) mass is 296 g/mol. The van der Waals surface area contributed by atoms with Crippen LogP contribution in [0.4, 0.5) is 0 Å². The molecular formula is C11H16N6O2S. The summed E-state index contributed by atoms with van der Waals surface area (Å²) in [5.41, 5.74) is 0. The first-order chi connectivity index (χ1) is 9.74. The van der Waals surface area contributed by atoms with E-state index < -0.39 is 0 Å². The van der Waals surface area contributed by atoms with Gasteiger partial charge in [-0.1, -0.05) is 16.9 Å². The van der Waals surface area contributed by atoms with Crippen LogP contribution in [0.15, 0.2) is 9.68 Å². The summed E-state index contributed by atoms with van der Waals surface area (Å²) >= 11 is 1.53. The van der Waals surface area contributed by atoms with Gasteiger partial charge in [0.1, 0.15) is 0 Å². The third kappa shape index (κ3) is 2.83. The highest BCUT2D eigenvalue weighted by molar-refractivity contribution is 7.99. The second kappa shape index (κ2) is 5.88. The van der Waals surface area contributed by atoms with Gasteiger partial charge in [-0.15, -0.1) is 5.10 Å². The highest BCUT2D eigenvalue weighted by Crippen LogP contribution is 2.34. The van der Waals surface area contributed by atoms with Gasteiger partial charge in [0.05, 0.1) is 11.3 Å². The van der Waals surface area contributed by atoms with Crippen LogP contribution in [0.3, 0.4) is 0 Å². The molecule has 2 aromatic heterocycles. The lowest BCUT2D eigenvalue weighted by Crippen LogP contribution is -2.21. The summed E-state index contributed by atoms with van der Waals surface area (Å²) in [6, 6.07) is 0.304. The van der Waals surface area contributed by atoms with Crippen LogP contribution in [0.2, 0.25) is 0 Å². The molecule has 0 aliphatic carbocycles. The van der Waals surface area contributed by atoms with E-state index in [0.29, 0.717) is 17.8 Å². The van der Waals surface area contributed by atoms with E-state index >= 15 is 0 Å². The third-order valence-corrected chi connectivity index (χ3v) is 4.21. The molecule has 0 bridgehead atoms. The zero-order chi connectivity index (χ0) is 13.9. The minimum Gasteiger partial charge on any atom is -0.381 e.